The minimum atomic E-state index is -1.76. The number of benzene rings is 1. The molecule has 1 atom stereocenters. The molecule has 1 amide bonds. The third kappa shape index (κ3) is 2.07. The minimum Gasteiger partial charge on any atom is -0.323 e. The van der Waals surface area contributed by atoms with Gasteiger partial charge >= 0.3 is 0 Å². The van der Waals surface area contributed by atoms with Crippen LogP contribution in [0.3, 0.4) is 0 Å². The predicted octanol–water partition coefficient (Wildman–Crippen LogP) is 1.64. The van der Waals surface area contributed by atoms with Crippen LogP contribution in [0.2, 0.25) is 0 Å². The third-order valence-corrected chi connectivity index (χ3v) is 2.90. The van der Waals surface area contributed by atoms with Crippen LogP contribution in [0.4, 0.5) is 10.1 Å². The van der Waals surface area contributed by atoms with Gasteiger partial charge in [0.05, 0.1) is 0 Å². The van der Waals surface area contributed by atoms with E-state index in [9.17, 15) is 9.18 Å². The number of halogens is 1. The SMILES string of the molecule is Cc1ccccc1NC(=O)C1(F)CCNC1. The maximum Gasteiger partial charge on any atom is 0.263 e. The predicted molar refractivity (Wildman–Crippen MR) is 61.1 cm³/mol. The molecule has 1 heterocycles. The quantitative estimate of drug-likeness (QED) is 0.798. The number of rotatable bonds is 2. The highest BCUT2D eigenvalue weighted by atomic mass is 19.1. The number of anilines is 1. The van der Waals surface area contributed by atoms with E-state index in [2.05, 4.69) is 10.6 Å². The van der Waals surface area contributed by atoms with Crippen LogP contribution in [0.5, 0.6) is 0 Å². The molecule has 1 aliphatic heterocycles. The fourth-order valence-electron chi connectivity index (χ4n) is 1.80. The van der Waals surface area contributed by atoms with E-state index in [4.69, 9.17) is 0 Å². The van der Waals surface area contributed by atoms with Crippen molar-refractivity contribution in [1.82, 2.24) is 5.32 Å². The van der Waals surface area contributed by atoms with E-state index in [0.717, 1.165) is 5.56 Å². The maximum absolute atomic E-state index is 14.0. The van der Waals surface area contributed by atoms with Crippen molar-refractivity contribution in [2.24, 2.45) is 0 Å². The monoisotopic (exact) mass is 222 g/mol. The zero-order valence-electron chi connectivity index (χ0n) is 9.22. The first-order valence-electron chi connectivity index (χ1n) is 5.38. The lowest BCUT2D eigenvalue weighted by Gasteiger charge is -2.18. The number of hydrogen-bond acceptors (Lipinski definition) is 2. The summed E-state index contributed by atoms with van der Waals surface area (Å²) in [6.45, 7) is 2.54. The molecule has 2 rings (SSSR count). The summed E-state index contributed by atoms with van der Waals surface area (Å²) < 4.78 is 14.0. The van der Waals surface area contributed by atoms with Crippen LogP contribution in [0.1, 0.15) is 12.0 Å². The highest BCUT2D eigenvalue weighted by molar-refractivity contribution is 5.98. The zero-order valence-corrected chi connectivity index (χ0v) is 9.22. The Labute approximate surface area is 94.0 Å². The molecule has 2 N–H and O–H groups in total. The number of carbonyl (C=O) groups excluding carboxylic acids is 1. The molecule has 1 saturated heterocycles. The first-order valence-corrected chi connectivity index (χ1v) is 5.38. The van der Waals surface area contributed by atoms with Crippen molar-refractivity contribution in [2.75, 3.05) is 18.4 Å². The van der Waals surface area contributed by atoms with Crippen molar-refractivity contribution < 1.29 is 9.18 Å². The minimum absolute atomic E-state index is 0.102. The third-order valence-electron chi connectivity index (χ3n) is 2.90. The second kappa shape index (κ2) is 4.22. The summed E-state index contributed by atoms with van der Waals surface area (Å²) in [7, 11) is 0. The van der Waals surface area contributed by atoms with E-state index in [1.54, 1.807) is 6.07 Å². The van der Waals surface area contributed by atoms with Gasteiger partial charge < -0.3 is 10.6 Å². The van der Waals surface area contributed by atoms with Crippen LogP contribution in [0, 0.1) is 6.92 Å². The number of aryl methyl sites for hydroxylation is 1. The summed E-state index contributed by atoms with van der Waals surface area (Å²) in [5.41, 5.74) is -0.149. The van der Waals surface area contributed by atoms with E-state index >= 15 is 0 Å². The molecule has 4 heteroatoms. The second-order valence-electron chi connectivity index (χ2n) is 4.16. The highest BCUT2D eigenvalue weighted by Crippen LogP contribution is 2.23. The molecule has 0 aromatic heterocycles. The molecule has 86 valence electrons. The van der Waals surface area contributed by atoms with E-state index in [1.807, 2.05) is 25.1 Å². The molecule has 1 unspecified atom stereocenters. The normalized spacial score (nSPS) is 24.4. The lowest BCUT2D eigenvalue weighted by atomic mass is 10.0. The van der Waals surface area contributed by atoms with Crippen LogP contribution in [-0.2, 0) is 4.79 Å². The summed E-state index contributed by atoms with van der Waals surface area (Å²) in [6.07, 6.45) is 0.241. The molecule has 0 bridgehead atoms. The summed E-state index contributed by atoms with van der Waals surface area (Å²) in [6, 6.07) is 7.36. The van der Waals surface area contributed by atoms with E-state index in [-0.39, 0.29) is 13.0 Å². The molecule has 1 aromatic carbocycles. The summed E-state index contributed by atoms with van der Waals surface area (Å²) in [5.74, 6) is -0.549. The molecular weight excluding hydrogens is 207 g/mol. The van der Waals surface area contributed by atoms with Crippen molar-refractivity contribution in [1.29, 1.82) is 0 Å². The van der Waals surface area contributed by atoms with Gasteiger partial charge in [0.2, 0.25) is 5.67 Å². The molecule has 0 saturated carbocycles. The zero-order chi connectivity index (χ0) is 11.6. The molecule has 1 fully saturated rings. The van der Waals surface area contributed by atoms with Gasteiger partial charge in [-0.3, -0.25) is 4.79 Å². The molecule has 1 aliphatic rings. The van der Waals surface area contributed by atoms with Crippen LogP contribution >= 0.6 is 0 Å². The number of hydrogen-bond donors (Lipinski definition) is 2. The van der Waals surface area contributed by atoms with Gasteiger partial charge in [-0.2, -0.15) is 0 Å². The first-order chi connectivity index (χ1) is 7.62. The number of para-hydroxylation sites is 1. The van der Waals surface area contributed by atoms with Gasteiger partial charge in [0.25, 0.3) is 5.91 Å². The number of carbonyl (C=O) groups is 1. The fourth-order valence-corrected chi connectivity index (χ4v) is 1.80. The van der Waals surface area contributed by atoms with Crippen LogP contribution in [0.15, 0.2) is 24.3 Å². The molecule has 0 radical (unpaired) electrons. The fraction of sp³-hybridized carbons (Fsp3) is 0.417. The Kier molecular flexibility index (Phi) is 2.92. The van der Waals surface area contributed by atoms with Crippen LogP contribution < -0.4 is 10.6 Å². The van der Waals surface area contributed by atoms with Gasteiger partial charge in [-0.15, -0.1) is 0 Å². The van der Waals surface area contributed by atoms with E-state index in [0.29, 0.717) is 12.2 Å². The summed E-state index contributed by atoms with van der Waals surface area (Å²) >= 11 is 0. The first kappa shape index (κ1) is 11.1. The van der Waals surface area contributed by atoms with Gasteiger partial charge in [0.1, 0.15) is 0 Å². The Morgan fingerprint density at radius 2 is 2.25 bits per heavy atom. The lowest BCUT2D eigenvalue weighted by molar-refractivity contribution is -0.126. The van der Waals surface area contributed by atoms with Crippen molar-refractivity contribution in [2.45, 2.75) is 19.0 Å². The average molecular weight is 222 g/mol. The van der Waals surface area contributed by atoms with Gasteiger partial charge in [0, 0.05) is 18.7 Å². The van der Waals surface area contributed by atoms with Crippen molar-refractivity contribution in [3.05, 3.63) is 29.8 Å². The Bertz CT molecular complexity index is 400. The Morgan fingerprint density at radius 1 is 1.50 bits per heavy atom. The molecular formula is C12H15FN2O. The van der Waals surface area contributed by atoms with Gasteiger partial charge in [-0.1, -0.05) is 18.2 Å². The Morgan fingerprint density at radius 3 is 2.88 bits per heavy atom. The Balaban J connectivity index is 2.10. The maximum atomic E-state index is 14.0. The van der Waals surface area contributed by atoms with Gasteiger partial charge in [-0.25, -0.2) is 4.39 Å². The van der Waals surface area contributed by atoms with Crippen LogP contribution in [-0.4, -0.2) is 24.7 Å². The topological polar surface area (TPSA) is 41.1 Å². The standard InChI is InChI=1S/C12H15FN2O/c1-9-4-2-3-5-10(9)15-11(16)12(13)6-7-14-8-12/h2-5,14H,6-8H2,1H3,(H,15,16). The van der Waals surface area contributed by atoms with E-state index < -0.39 is 11.6 Å². The number of alkyl halides is 1. The molecule has 16 heavy (non-hydrogen) atoms. The average Bonchev–Trinajstić information content (AvgIpc) is 2.70. The van der Waals surface area contributed by atoms with Crippen molar-refractivity contribution in [3.63, 3.8) is 0 Å². The smallest absolute Gasteiger partial charge is 0.263 e. The molecule has 0 spiro atoms. The number of amides is 1. The summed E-state index contributed by atoms with van der Waals surface area (Å²) in [4.78, 5) is 11.8. The number of nitrogens with one attached hydrogen (secondary N) is 2. The molecule has 3 nitrogen and oxygen atoms in total. The second-order valence-corrected chi connectivity index (χ2v) is 4.16. The largest absolute Gasteiger partial charge is 0.323 e. The summed E-state index contributed by atoms with van der Waals surface area (Å²) in [5, 5.41) is 5.50. The van der Waals surface area contributed by atoms with E-state index in [1.165, 1.54) is 0 Å². The lowest BCUT2D eigenvalue weighted by Crippen LogP contribution is -2.40. The van der Waals surface area contributed by atoms with Gasteiger partial charge in [0.15, 0.2) is 0 Å². The van der Waals surface area contributed by atoms with Crippen molar-refractivity contribution >= 4 is 11.6 Å². The Hall–Kier alpha value is -1.42. The van der Waals surface area contributed by atoms with Crippen LogP contribution in [0.25, 0.3) is 0 Å². The molecule has 0 aliphatic carbocycles. The van der Waals surface area contributed by atoms with Gasteiger partial charge in [-0.05, 0) is 25.1 Å². The highest BCUT2D eigenvalue weighted by Gasteiger charge is 2.41. The van der Waals surface area contributed by atoms with Crippen molar-refractivity contribution in [3.8, 4) is 0 Å². The molecule has 1 aromatic rings.